The van der Waals surface area contributed by atoms with Crippen molar-refractivity contribution in [3.63, 3.8) is 0 Å². The van der Waals surface area contributed by atoms with Gasteiger partial charge in [-0.3, -0.25) is 0 Å². The Morgan fingerprint density at radius 3 is 2.20 bits per heavy atom. The molecule has 0 aliphatic carbocycles. The lowest BCUT2D eigenvalue weighted by molar-refractivity contribution is -0.142. The molecule has 0 spiro atoms. The van der Waals surface area contributed by atoms with Gasteiger partial charge in [0.15, 0.2) is 17.5 Å². The van der Waals surface area contributed by atoms with Gasteiger partial charge >= 0.3 is 6.18 Å². The standard InChI is InChI=1S/C12H9F6NO/c1-11(2)4-20-10(19-11)5-3-6(13)9(15)7(8(5)14)12(16,17)18/h3H,4H2,1-2H3. The number of alkyl halides is 3. The number of hydrogen-bond acceptors (Lipinski definition) is 2. The van der Waals surface area contributed by atoms with Crippen LogP contribution >= 0.6 is 0 Å². The van der Waals surface area contributed by atoms with E-state index in [4.69, 9.17) is 4.74 Å². The van der Waals surface area contributed by atoms with E-state index in [0.717, 1.165) is 0 Å². The number of aliphatic imine (C=N–C) groups is 1. The number of nitrogens with zero attached hydrogens (tertiary/aromatic N) is 1. The third-order valence-electron chi connectivity index (χ3n) is 2.64. The SMILES string of the molecule is CC1(C)COC(c2cc(F)c(F)c(C(F)(F)F)c2F)=N1. The average molecular weight is 297 g/mol. The average Bonchev–Trinajstić information content (AvgIpc) is 2.62. The highest BCUT2D eigenvalue weighted by molar-refractivity contribution is 5.96. The van der Waals surface area contributed by atoms with Crippen LogP contribution in [0, 0.1) is 17.5 Å². The molecule has 0 radical (unpaired) electrons. The van der Waals surface area contributed by atoms with Gasteiger partial charge in [-0.05, 0) is 19.9 Å². The van der Waals surface area contributed by atoms with Crippen LogP contribution in [0.4, 0.5) is 26.3 Å². The highest BCUT2D eigenvalue weighted by Gasteiger charge is 2.42. The van der Waals surface area contributed by atoms with E-state index >= 15 is 0 Å². The van der Waals surface area contributed by atoms with E-state index in [1.807, 2.05) is 0 Å². The summed E-state index contributed by atoms with van der Waals surface area (Å²) in [6.07, 6.45) is -5.36. The molecule has 8 heteroatoms. The van der Waals surface area contributed by atoms with Crippen LogP contribution in [0.1, 0.15) is 25.0 Å². The Morgan fingerprint density at radius 1 is 1.15 bits per heavy atom. The minimum absolute atomic E-state index is 0.00210. The second-order valence-electron chi connectivity index (χ2n) is 4.92. The maximum Gasteiger partial charge on any atom is 0.422 e. The summed E-state index contributed by atoms with van der Waals surface area (Å²) < 4.78 is 82.9. The lowest BCUT2D eigenvalue weighted by Gasteiger charge is -2.12. The topological polar surface area (TPSA) is 21.6 Å². The van der Waals surface area contributed by atoms with Crippen LogP contribution in [0.3, 0.4) is 0 Å². The number of hydrogen-bond donors (Lipinski definition) is 0. The van der Waals surface area contributed by atoms with Gasteiger partial charge in [-0.1, -0.05) is 0 Å². The predicted octanol–water partition coefficient (Wildman–Crippen LogP) is 3.68. The number of rotatable bonds is 1. The molecule has 1 aromatic carbocycles. The predicted molar refractivity (Wildman–Crippen MR) is 57.9 cm³/mol. The van der Waals surface area contributed by atoms with Crippen LogP contribution < -0.4 is 0 Å². The molecule has 0 unspecified atom stereocenters. The number of ether oxygens (including phenoxy) is 1. The molecule has 0 N–H and O–H groups in total. The van der Waals surface area contributed by atoms with Crippen LogP contribution in [0.15, 0.2) is 11.1 Å². The van der Waals surface area contributed by atoms with Crippen LogP contribution in [0.5, 0.6) is 0 Å². The quantitative estimate of drug-likeness (QED) is 0.572. The Balaban J connectivity index is 2.66. The third-order valence-corrected chi connectivity index (χ3v) is 2.64. The zero-order valence-corrected chi connectivity index (χ0v) is 10.4. The molecule has 20 heavy (non-hydrogen) atoms. The minimum atomic E-state index is -5.36. The fraction of sp³-hybridized carbons (Fsp3) is 0.417. The van der Waals surface area contributed by atoms with Gasteiger partial charge in [0.25, 0.3) is 0 Å². The van der Waals surface area contributed by atoms with Crippen molar-refractivity contribution in [3.8, 4) is 0 Å². The first-order valence-corrected chi connectivity index (χ1v) is 5.50. The molecule has 0 bridgehead atoms. The summed E-state index contributed by atoms with van der Waals surface area (Å²) in [6.45, 7) is 3.20. The second kappa shape index (κ2) is 4.39. The summed E-state index contributed by atoms with van der Waals surface area (Å²) in [7, 11) is 0. The maximum absolute atomic E-state index is 13.8. The van der Waals surface area contributed by atoms with Gasteiger partial charge in [0.2, 0.25) is 5.90 Å². The number of halogens is 6. The fourth-order valence-electron chi connectivity index (χ4n) is 1.73. The summed E-state index contributed by atoms with van der Waals surface area (Å²) in [6, 6.07) is 0.306. The molecule has 0 atom stereocenters. The van der Waals surface area contributed by atoms with Crippen molar-refractivity contribution in [2.24, 2.45) is 4.99 Å². The Kier molecular flexibility index (Phi) is 3.22. The van der Waals surface area contributed by atoms with Gasteiger partial charge < -0.3 is 4.74 Å². The van der Waals surface area contributed by atoms with Gasteiger partial charge in [0, 0.05) is 0 Å². The Hall–Kier alpha value is -1.73. The van der Waals surface area contributed by atoms with E-state index in [-0.39, 0.29) is 6.61 Å². The summed E-state index contributed by atoms with van der Waals surface area (Å²) in [4.78, 5) is 3.84. The largest absolute Gasteiger partial charge is 0.475 e. The monoisotopic (exact) mass is 297 g/mol. The molecule has 0 saturated carbocycles. The van der Waals surface area contributed by atoms with E-state index in [9.17, 15) is 26.3 Å². The Morgan fingerprint density at radius 2 is 1.75 bits per heavy atom. The molecule has 1 aliphatic heterocycles. The summed E-state index contributed by atoms with van der Waals surface area (Å²) in [5.41, 5.74) is -3.91. The van der Waals surface area contributed by atoms with Crippen molar-refractivity contribution in [1.29, 1.82) is 0 Å². The fourth-order valence-corrected chi connectivity index (χ4v) is 1.73. The zero-order valence-electron chi connectivity index (χ0n) is 10.4. The van der Waals surface area contributed by atoms with Gasteiger partial charge in [-0.2, -0.15) is 13.2 Å². The van der Waals surface area contributed by atoms with Gasteiger partial charge in [0.1, 0.15) is 12.2 Å². The van der Waals surface area contributed by atoms with Crippen LogP contribution in [-0.2, 0) is 10.9 Å². The van der Waals surface area contributed by atoms with Crippen molar-refractivity contribution >= 4 is 5.90 Å². The number of benzene rings is 1. The molecule has 1 aromatic rings. The molecule has 2 nitrogen and oxygen atoms in total. The van der Waals surface area contributed by atoms with Crippen molar-refractivity contribution in [2.45, 2.75) is 25.6 Å². The van der Waals surface area contributed by atoms with Crippen molar-refractivity contribution in [3.05, 3.63) is 34.6 Å². The third kappa shape index (κ3) is 2.46. The molecule has 2 rings (SSSR count). The van der Waals surface area contributed by atoms with E-state index in [0.29, 0.717) is 6.07 Å². The highest BCUT2D eigenvalue weighted by atomic mass is 19.4. The maximum atomic E-state index is 13.8. The van der Waals surface area contributed by atoms with Crippen molar-refractivity contribution < 1.29 is 31.1 Å². The van der Waals surface area contributed by atoms with Crippen LogP contribution in [0.2, 0.25) is 0 Å². The lowest BCUT2D eigenvalue weighted by Crippen LogP contribution is -2.17. The van der Waals surface area contributed by atoms with Gasteiger partial charge in [0.05, 0.1) is 11.1 Å². The summed E-state index contributed by atoms with van der Waals surface area (Å²) in [5.74, 6) is -6.51. The summed E-state index contributed by atoms with van der Waals surface area (Å²) in [5, 5.41) is 0. The second-order valence-corrected chi connectivity index (χ2v) is 4.92. The van der Waals surface area contributed by atoms with E-state index < -0.39 is 46.2 Å². The van der Waals surface area contributed by atoms with Crippen LogP contribution in [-0.4, -0.2) is 18.0 Å². The Bertz CT molecular complexity index is 591. The smallest absolute Gasteiger partial charge is 0.422 e. The van der Waals surface area contributed by atoms with Gasteiger partial charge in [-0.15, -0.1) is 0 Å². The van der Waals surface area contributed by atoms with Gasteiger partial charge in [-0.25, -0.2) is 18.2 Å². The van der Waals surface area contributed by atoms with E-state index in [1.165, 1.54) is 0 Å². The molecular weight excluding hydrogens is 288 g/mol. The Labute approximate surface area is 110 Å². The molecule has 0 saturated heterocycles. The molecule has 0 aromatic heterocycles. The molecule has 0 amide bonds. The highest BCUT2D eigenvalue weighted by Crippen LogP contribution is 2.36. The first kappa shape index (κ1) is 14.7. The first-order valence-electron chi connectivity index (χ1n) is 5.50. The minimum Gasteiger partial charge on any atom is -0.475 e. The van der Waals surface area contributed by atoms with E-state index in [1.54, 1.807) is 13.8 Å². The molecule has 1 aliphatic rings. The normalized spacial score (nSPS) is 17.9. The molecule has 110 valence electrons. The van der Waals surface area contributed by atoms with Crippen LogP contribution in [0.25, 0.3) is 0 Å². The first-order chi connectivity index (χ1) is 9.03. The summed E-state index contributed by atoms with van der Waals surface area (Å²) >= 11 is 0. The van der Waals surface area contributed by atoms with Crippen molar-refractivity contribution in [1.82, 2.24) is 0 Å². The molecule has 1 heterocycles. The molecule has 0 fully saturated rings. The zero-order chi connectivity index (χ0) is 15.3. The molecular formula is C12H9F6NO. The van der Waals surface area contributed by atoms with E-state index in [2.05, 4.69) is 4.99 Å². The van der Waals surface area contributed by atoms with Crippen molar-refractivity contribution in [2.75, 3.05) is 6.61 Å². The lowest BCUT2D eigenvalue weighted by atomic mass is 10.1.